The first-order valence-corrected chi connectivity index (χ1v) is 6.24. The Labute approximate surface area is 98.7 Å². The zero-order chi connectivity index (χ0) is 10.7. The third kappa shape index (κ3) is 2.39. The van der Waals surface area contributed by atoms with Crippen molar-refractivity contribution in [3.05, 3.63) is 52.5 Å². The number of alkyl halides is 1. The van der Waals surface area contributed by atoms with Crippen molar-refractivity contribution in [2.45, 2.75) is 18.2 Å². The van der Waals surface area contributed by atoms with Gasteiger partial charge in [0.05, 0.1) is 5.38 Å². The van der Waals surface area contributed by atoms with E-state index in [9.17, 15) is 0 Å². The number of hydrogen-bond acceptors (Lipinski definition) is 2. The molecule has 0 aliphatic heterocycles. The largest absolute Gasteiger partial charge is 0.261 e. The summed E-state index contributed by atoms with van der Waals surface area (Å²) in [6.07, 6.45) is 1.81. The van der Waals surface area contributed by atoms with Gasteiger partial charge in [0.25, 0.3) is 0 Å². The molecule has 2 aromatic heterocycles. The van der Waals surface area contributed by atoms with Gasteiger partial charge in [0.2, 0.25) is 0 Å². The number of nitrogens with zero attached hydrogens (tertiary/aromatic N) is 1. The smallest absolute Gasteiger partial charge is 0.0674 e. The third-order valence-corrected chi connectivity index (χ3v) is 3.79. The van der Waals surface area contributed by atoms with Crippen LogP contribution in [0.4, 0.5) is 0 Å². The molecule has 0 radical (unpaired) electrons. The lowest BCUT2D eigenvalue weighted by molar-refractivity contribution is 0.708. The van der Waals surface area contributed by atoms with Gasteiger partial charge in [0, 0.05) is 17.8 Å². The van der Waals surface area contributed by atoms with E-state index < -0.39 is 0 Å². The molecule has 0 saturated heterocycles. The average molecular weight is 238 g/mol. The molecule has 0 bridgehead atoms. The molecule has 2 unspecified atom stereocenters. The summed E-state index contributed by atoms with van der Waals surface area (Å²) in [6.45, 7) is 2.11. The van der Waals surface area contributed by atoms with Crippen molar-refractivity contribution >= 4 is 22.9 Å². The van der Waals surface area contributed by atoms with Crippen LogP contribution < -0.4 is 0 Å². The van der Waals surface area contributed by atoms with E-state index in [0.717, 1.165) is 5.69 Å². The summed E-state index contributed by atoms with van der Waals surface area (Å²) in [7, 11) is 0. The Balaban J connectivity index is 2.18. The molecule has 0 aliphatic rings. The maximum Gasteiger partial charge on any atom is 0.0674 e. The number of rotatable bonds is 3. The second-order valence-corrected chi connectivity index (χ2v) is 4.75. The van der Waals surface area contributed by atoms with Crippen LogP contribution in [-0.2, 0) is 0 Å². The van der Waals surface area contributed by atoms with Gasteiger partial charge in [-0.25, -0.2) is 0 Å². The Kier molecular flexibility index (Phi) is 3.39. The number of pyridine rings is 1. The van der Waals surface area contributed by atoms with Gasteiger partial charge < -0.3 is 0 Å². The first-order valence-electron chi connectivity index (χ1n) is 4.86. The minimum Gasteiger partial charge on any atom is -0.261 e. The zero-order valence-electron chi connectivity index (χ0n) is 8.43. The number of halogens is 1. The number of hydrogen-bond donors (Lipinski definition) is 0. The van der Waals surface area contributed by atoms with Gasteiger partial charge in [-0.2, -0.15) is 11.3 Å². The zero-order valence-corrected chi connectivity index (χ0v) is 10.0. The number of aromatic nitrogens is 1. The van der Waals surface area contributed by atoms with E-state index in [1.54, 1.807) is 11.3 Å². The highest BCUT2D eigenvalue weighted by Crippen LogP contribution is 2.35. The van der Waals surface area contributed by atoms with Crippen LogP contribution in [0.15, 0.2) is 41.2 Å². The highest BCUT2D eigenvalue weighted by Gasteiger charge is 2.19. The van der Waals surface area contributed by atoms with Gasteiger partial charge in [-0.3, -0.25) is 4.98 Å². The van der Waals surface area contributed by atoms with Crippen LogP contribution in [0.1, 0.15) is 29.5 Å². The van der Waals surface area contributed by atoms with Crippen molar-refractivity contribution in [2.75, 3.05) is 0 Å². The molecule has 78 valence electrons. The van der Waals surface area contributed by atoms with Gasteiger partial charge >= 0.3 is 0 Å². The molecule has 0 spiro atoms. The van der Waals surface area contributed by atoms with Gasteiger partial charge in [-0.1, -0.05) is 13.0 Å². The quantitative estimate of drug-likeness (QED) is 0.729. The van der Waals surface area contributed by atoms with Crippen molar-refractivity contribution in [3.8, 4) is 0 Å². The molecule has 2 heterocycles. The molecule has 0 aromatic carbocycles. The van der Waals surface area contributed by atoms with E-state index in [1.165, 1.54) is 5.56 Å². The molecule has 0 amide bonds. The van der Waals surface area contributed by atoms with Crippen molar-refractivity contribution in [1.82, 2.24) is 4.98 Å². The molecular formula is C12H12ClNS. The molecule has 2 atom stereocenters. The summed E-state index contributed by atoms with van der Waals surface area (Å²) in [5, 5.41) is 4.15. The predicted molar refractivity (Wildman–Crippen MR) is 65.6 cm³/mol. The fraction of sp³-hybridized carbons (Fsp3) is 0.250. The summed E-state index contributed by atoms with van der Waals surface area (Å²) >= 11 is 8.07. The molecule has 0 aliphatic carbocycles. The fourth-order valence-electron chi connectivity index (χ4n) is 1.52. The van der Waals surface area contributed by atoms with E-state index in [2.05, 4.69) is 28.7 Å². The second-order valence-electron chi connectivity index (χ2n) is 3.50. The van der Waals surface area contributed by atoms with Crippen molar-refractivity contribution in [3.63, 3.8) is 0 Å². The highest BCUT2D eigenvalue weighted by molar-refractivity contribution is 7.08. The molecule has 0 N–H and O–H groups in total. The molecule has 1 nitrogen and oxygen atoms in total. The lowest BCUT2D eigenvalue weighted by Gasteiger charge is -2.16. The Morgan fingerprint density at radius 3 is 2.80 bits per heavy atom. The number of thiophene rings is 1. The monoisotopic (exact) mass is 237 g/mol. The molecule has 2 rings (SSSR count). The lowest BCUT2D eigenvalue weighted by Crippen LogP contribution is -2.03. The highest BCUT2D eigenvalue weighted by atomic mass is 35.5. The van der Waals surface area contributed by atoms with E-state index >= 15 is 0 Å². The molecule has 2 aromatic rings. The van der Waals surface area contributed by atoms with Crippen LogP contribution in [-0.4, -0.2) is 4.98 Å². The van der Waals surface area contributed by atoms with Crippen molar-refractivity contribution < 1.29 is 0 Å². The molecule has 15 heavy (non-hydrogen) atoms. The van der Waals surface area contributed by atoms with E-state index in [4.69, 9.17) is 11.6 Å². The Morgan fingerprint density at radius 1 is 1.33 bits per heavy atom. The topological polar surface area (TPSA) is 12.9 Å². The molecular weight excluding hydrogens is 226 g/mol. The Bertz CT molecular complexity index is 399. The lowest BCUT2D eigenvalue weighted by atomic mass is 9.99. The van der Waals surface area contributed by atoms with Crippen LogP contribution >= 0.6 is 22.9 Å². The Hall–Kier alpha value is -0.860. The SMILES string of the molecule is CC(c1ccccn1)C(Cl)c1ccsc1. The first kappa shape index (κ1) is 10.7. The molecule has 0 fully saturated rings. The molecule has 3 heteroatoms. The maximum absolute atomic E-state index is 6.40. The van der Waals surface area contributed by atoms with Crippen LogP contribution in [0.3, 0.4) is 0 Å². The second kappa shape index (κ2) is 4.77. The van der Waals surface area contributed by atoms with Gasteiger partial charge in [-0.15, -0.1) is 11.6 Å². The van der Waals surface area contributed by atoms with Crippen LogP contribution in [0.5, 0.6) is 0 Å². The normalized spacial score (nSPS) is 14.8. The van der Waals surface area contributed by atoms with Gasteiger partial charge in [0.1, 0.15) is 0 Å². The minimum absolute atomic E-state index is 0.00569. The predicted octanol–water partition coefficient (Wildman–Crippen LogP) is 4.23. The minimum atomic E-state index is 0.00569. The maximum atomic E-state index is 6.40. The van der Waals surface area contributed by atoms with Crippen molar-refractivity contribution in [1.29, 1.82) is 0 Å². The summed E-state index contributed by atoms with van der Waals surface area (Å²) in [6, 6.07) is 8.01. The average Bonchev–Trinajstić information content (AvgIpc) is 2.82. The van der Waals surface area contributed by atoms with Gasteiger partial charge in [0.15, 0.2) is 0 Å². The van der Waals surface area contributed by atoms with E-state index in [0.29, 0.717) is 0 Å². The third-order valence-electron chi connectivity index (χ3n) is 2.45. The molecule has 0 saturated carbocycles. The van der Waals surface area contributed by atoms with Gasteiger partial charge in [-0.05, 0) is 34.5 Å². The van der Waals surface area contributed by atoms with E-state index in [-0.39, 0.29) is 11.3 Å². The fourth-order valence-corrected chi connectivity index (χ4v) is 2.55. The van der Waals surface area contributed by atoms with E-state index in [1.807, 2.05) is 24.4 Å². The summed E-state index contributed by atoms with van der Waals surface area (Å²) in [5.74, 6) is 0.238. The summed E-state index contributed by atoms with van der Waals surface area (Å²) in [5.41, 5.74) is 2.23. The van der Waals surface area contributed by atoms with Crippen LogP contribution in [0.25, 0.3) is 0 Å². The summed E-state index contributed by atoms with van der Waals surface area (Å²) in [4.78, 5) is 4.33. The standard InChI is InChI=1S/C12H12ClNS/c1-9(11-4-2-3-6-14-11)12(13)10-5-7-15-8-10/h2-9,12H,1H3. The van der Waals surface area contributed by atoms with Crippen molar-refractivity contribution in [2.24, 2.45) is 0 Å². The summed E-state index contributed by atoms with van der Waals surface area (Å²) < 4.78 is 0. The Morgan fingerprint density at radius 2 is 2.20 bits per heavy atom. The van der Waals surface area contributed by atoms with Crippen LogP contribution in [0.2, 0.25) is 0 Å². The van der Waals surface area contributed by atoms with Crippen LogP contribution in [0, 0.1) is 0 Å². The first-order chi connectivity index (χ1) is 7.29.